The Morgan fingerprint density at radius 2 is 2.00 bits per heavy atom. The smallest absolute Gasteiger partial charge is 0.323 e. The molecule has 7 nitrogen and oxygen atoms in total. The number of carbonyl (C=O) groups is 1. The number of nitrogens with zero attached hydrogens (tertiary/aromatic N) is 1. The van der Waals surface area contributed by atoms with Crippen LogP contribution in [0.4, 0.5) is 16.2 Å². The molecule has 7 heteroatoms. The Hall–Kier alpha value is -3.32. The van der Waals surface area contributed by atoms with Gasteiger partial charge in [0, 0.05) is 24.0 Å². The van der Waals surface area contributed by atoms with Crippen molar-refractivity contribution in [1.29, 1.82) is 0 Å². The summed E-state index contributed by atoms with van der Waals surface area (Å²) in [6, 6.07) is 12.3. The molecular formula is C18H18N4O3. The number of ether oxygens (including phenoxy) is 1. The van der Waals surface area contributed by atoms with Gasteiger partial charge in [0.25, 0.3) is 0 Å². The number of methoxy groups -OCH3 is 1. The third-order valence-electron chi connectivity index (χ3n) is 3.58. The second kappa shape index (κ2) is 7.50. The summed E-state index contributed by atoms with van der Waals surface area (Å²) in [6.45, 7) is 0.414. The van der Waals surface area contributed by atoms with Crippen molar-refractivity contribution >= 4 is 17.4 Å². The van der Waals surface area contributed by atoms with Crippen molar-refractivity contribution in [2.45, 2.75) is 6.54 Å². The van der Waals surface area contributed by atoms with E-state index < -0.39 is 0 Å². The zero-order valence-electron chi connectivity index (χ0n) is 13.7. The number of oxazole rings is 1. The lowest BCUT2D eigenvalue weighted by molar-refractivity contribution is 0.262. The fourth-order valence-electron chi connectivity index (χ4n) is 2.39. The van der Waals surface area contributed by atoms with Gasteiger partial charge in [-0.25, -0.2) is 9.78 Å². The van der Waals surface area contributed by atoms with Crippen LogP contribution in [0.15, 0.2) is 59.5 Å². The minimum atomic E-state index is -0.358. The summed E-state index contributed by atoms with van der Waals surface area (Å²) in [4.78, 5) is 16.1. The summed E-state index contributed by atoms with van der Waals surface area (Å²) in [6.07, 6.45) is 2.95. The average molecular weight is 338 g/mol. The first-order valence-corrected chi connectivity index (χ1v) is 7.63. The quantitative estimate of drug-likeness (QED) is 0.661. The average Bonchev–Trinajstić information content (AvgIpc) is 3.16. The second-order valence-corrected chi connectivity index (χ2v) is 5.26. The van der Waals surface area contributed by atoms with Gasteiger partial charge in [0.2, 0.25) is 0 Å². The van der Waals surface area contributed by atoms with Gasteiger partial charge in [0.15, 0.2) is 12.2 Å². The fraction of sp³-hybridized carbons (Fsp3) is 0.111. The highest BCUT2D eigenvalue weighted by Crippen LogP contribution is 2.32. The topological polar surface area (TPSA) is 102 Å². The van der Waals surface area contributed by atoms with Gasteiger partial charge in [-0.05, 0) is 29.8 Å². The van der Waals surface area contributed by atoms with Crippen LogP contribution >= 0.6 is 0 Å². The highest BCUT2D eigenvalue weighted by atomic mass is 16.5. The van der Waals surface area contributed by atoms with E-state index in [1.54, 1.807) is 37.6 Å². The number of anilines is 2. The van der Waals surface area contributed by atoms with Crippen LogP contribution in [0.25, 0.3) is 11.3 Å². The predicted octanol–water partition coefficient (Wildman–Crippen LogP) is 3.45. The van der Waals surface area contributed by atoms with Gasteiger partial charge in [0.1, 0.15) is 5.75 Å². The molecule has 128 valence electrons. The highest BCUT2D eigenvalue weighted by Gasteiger charge is 2.11. The lowest BCUT2D eigenvalue weighted by Crippen LogP contribution is -2.19. The molecule has 0 spiro atoms. The summed E-state index contributed by atoms with van der Waals surface area (Å²) in [5, 5.41) is 5.54. The van der Waals surface area contributed by atoms with Crippen molar-refractivity contribution in [2.75, 3.05) is 17.7 Å². The maximum atomic E-state index is 12.2. The molecule has 1 aromatic heterocycles. The van der Waals surface area contributed by atoms with Crippen LogP contribution < -0.4 is 21.1 Å². The first-order valence-electron chi connectivity index (χ1n) is 7.63. The number of carbonyl (C=O) groups excluding carboxylic acids is 1. The van der Waals surface area contributed by atoms with E-state index in [0.29, 0.717) is 29.4 Å². The van der Waals surface area contributed by atoms with Crippen molar-refractivity contribution in [3.05, 3.63) is 60.6 Å². The first kappa shape index (κ1) is 16.5. The van der Waals surface area contributed by atoms with E-state index in [1.165, 1.54) is 6.39 Å². The number of hydrogen-bond donors (Lipinski definition) is 3. The number of nitrogens with two attached hydrogens (primary N) is 1. The van der Waals surface area contributed by atoms with Crippen LogP contribution in [-0.2, 0) is 6.54 Å². The zero-order chi connectivity index (χ0) is 17.6. The summed E-state index contributed by atoms with van der Waals surface area (Å²) < 4.78 is 10.6. The van der Waals surface area contributed by atoms with E-state index in [4.69, 9.17) is 14.9 Å². The van der Waals surface area contributed by atoms with Crippen LogP contribution in [0.5, 0.6) is 5.75 Å². The molecule has 0 saturated heterocycles. The monoisotopic (exact) mass is 338 g/mol. The van der Waals surface area contributed by atoms with Crippen molar-refractivity contribution in [3.63, 3.8) is 0 Å². The van der Waals surface area contributed by atoms with Gasteiger partial charge < -0.3 is 25.5 Å². The molecule has 25 heavy (non-hydrogen) atoms. The third kappa shape index (κ3) is 3.96. The molecule has 4 N–H and O–H groups in total. The van der Waals surface area contributed by atoms with Crippen LogP contribution in [0.3, 0.4) is 0 Å². The molecule has 0 aliphatic carbocycles. The van der Waals surface area contributed by atoms with Crippen LogP contribution in [0, 0.1) is 0 Å². The van der Waals surface area contributed by atoms with Gasteiger partial charge >= 0.3 is 6.03 Å². The van der Waals surface area contributed by atoms with Gasteiger partial charge in [-0.1, -0.05) is 12.1 Å². The minimum Gasteiger partial charge on any atom is -0.496 e. The molecule has 0 unspecified atom stereocenters. The molecule has 2 amide bonds. The van der Waals surface area contributed by atoms with Gasteiger partial charge in [-0.15, -0.1) is 0 Å². The van der Waals surface area contributed by atoms with Crippen LogP contribution in [0.2, 0.25) is 0 Å². The third-order valence-corrected chi connectivity index (χ3v) is 3.58. The maximum absolute atomic E-state index is 12.2. The SMILES string of the molecule is COc1cc(NC(=O)Nc2cccc(CN)c2)ccc1-c1cnco1. The summed E-state index contributed by atoms with van der Waals surface area (Å²) in [5.41, 5.74) is 8.56. The molecule has 0 atom stereocenters. The number of rotatable bonds is 5. The number of aromatic nitrogens is 1. The van der Waals surface area contributed by atoms with Crippen molar-refractivity contribution < 1.29 is 13.9 Å². The summed E-state index contributed by atoms with van der Waals surface area (Å²) in [5.74, 6) is 1.16. The summed E-state index contributed by atoms with van der Waals surface area (Å²) in [7, 11) is 1.55. The lowest BCUT2D eigenvalue weighted by atomic mass is 10.1. The van der Waals surface area contributed by atoms with E-state index in [1.807, 2.05) is 18.2 Å². The lowest BCUT2D eigenvalue weighted by Gasteiger charge is -2.11. The molecule has 0 bridgehead atoms. The molecule has 0 saturated carbocycles. The highest BCUT2D eigenvalue weighted by molar-refractivity contribution is 6.00. The Morgan fingerprint density at radius 3 is 2.68 bits per heavy atom. The molecule has 3 aromatic rings. The molecule has 1 heterocycles. The van der Waals surface area contributed by atoms with Crippen molar-refractivity contribution in [1.82, 2.24) is 4.98 Å². The van der Waals surface area contributed by atoms with E-state index in [9.17, 15) is 4.79 Å². The molecular weight excluding hydrogens is 320 g/mol. The maximum Gasteiger partial charge on any atom is 0.323 e. The van der Waals surface area contributed by atoms with Gasteiger partial charge in [-0.2, -0.15) is 0 Å². The van der Waals surface area contributed by atoms with Gasteiger partial charge in [-0.3, -0.25) is 0 Å². The molecule has 0 fully saturated rings. The van der Waals surface area contributed by atoms with E-state index >= 15 is 0 Å². The van der Waals surface area contributed by atoms with E-state index in [2.05, 4.69) is 15.6 Å². The number of urea groups is 1. The minimum absolute atomic E-state index is 0.358. The first-order chi connectivity index (χ1) is 12.2. The normalized spacial score (nSPS) is 10.3. The Bertz CT molecular complexity index is 863. The molecule has 3 rings (SSSR count). The molecule has 2 aromatic carbocycles. The van der Waals surface area contributed by atoms with Crippen LogP contribution in [0.1, 0.15) is 5.56 Å². The van der Waals surface area contributed by atoms with Crippen LogP contribution in [-0.4, -0.2) is 18.1 Å². The molecule has 0 radical (unpaired) electrons. The van der Waals surface area contributed by atoms with Crippen molar-refractivity contribution in [2.24, 2.45) is 5.73 Å². The molecule has 0 aliphatic rings. The Morgan fingerprint density at radius 1 is 1.20 bits per heavy atom. The predicted molar refractivity (Wildman–Crippen MR) is 95.5 cm³/mol. The van der Waals surface area contributed by atoms with E-state index in [-0.39, 0.29) is 6.03 Å². The number of hydrogen-bond acceptors (Lipinski definition) is 5. The Kier molecular flexibility index (Phi) is 4.96. The Balaban J connectivity index is 1.73. The number of amides is 2. The van der Waals surface area contributed by atoms with Crippen molar-refractivity contribution in [3.8, 4) is 17.1 Å². The largest absolute Gasteiger partial charge is 0.496 e. The number of benzene rings is 2. The standard InChI is InChI=1S/C18H18N4O3/c1-24-16-8-14(5-6-15(16)17-10-20-11-25-17)22-18(23)21-13-4-2-3-12(7-13)9-19/h2-8,10-11H,9,19H2,1H3,(H2,21,22,23). The molecule has 0 aliphatic heterocycles. The fourth-order valence-corrected chi connectivity index (χ4v) is 2.39. The van der Waals surface area contributed by atoms with Gasteiger partial charge in [0.05, 0.1) is 18.9 Å². The van der Waals surface area contributed by atoms with E-state index in [0.717, 1.165) is 11.1 Å². The zero-order valence-corrected chi connectivity index (χ0v) is 13.7. The summed E-state index contributed by atoms with van der Waals surface area (Å²) >= 11 is 0. The second-order valence-electron chi connectivity index (χ2n) is 5.26. The Labute approximate surface area is 144 Å². The number of nitrogens with one attached hydrogen (secondary N) is 2.